The summed E-state index contributed by atoms with van der Waals surface area (Å²) in [5, 5.41) is 3.68. The van der Waals surface area contributed by atoms with Gasteiger partial charge in [0.05, 0.1) is 0 Å². The van der Waals surface area contributed by atoms with Crippen molar-refractivity contribution >= 4 is 27.7 Å². The van der Waals surface area contributed by atoms with Crippen LogP contribution in [0, 0.1) is 0 Å². The van der Waals surface area contributed by atoms with Gasteiger partial charge >= 0.3 is 6.16 Å². The lowest BCUT2D eigenvalue weighted by atomic mass is 9.74. The van der Waals surface area contributed by atoms with E-state index in [9.17, 15) is 4.79 Å². The maximum absolute atomic E-state index is 13.4. The van der Waals surface area contributed by atoms with Crippen LogP contribution in [-0.4, -0.2) is 6.16 Å². The topological polar surface area (TPSA) is 35.5 Å². The van der Waals surface area contributed by atoms with E-state index in [4.69, 9.17) is 9.47 Å². The van der Waals surface area contributed by atoms with Crippen molar-refractivity contribution in [1.82, 2.24) is 0 Å². The summed E-state index contributed by atoms with van der Waals surface area (Å²) in [6, 6.07) is 44.2. The molecular formula is C36H28O3. The first-order valence-electron chi connectivity index (χ1n) is 13.1. The highest BCUT2D eigenvalue weighted by Gasteiger charge is 2.30. The zero-order chi connectivity index (χ0) is 26.8. The number of hydrogen-bond acceptors (Lipinski definition) is 3. The monoisotopic (exact) mass is 508 g/mol. The van der Waals surface area contributed by atoms with Gasteiger partial charge in [-0.2, -0.15) is 0 Å². The first-order chi connectivity index (χ1) is 19.0. The lowest BCUT2D eigenvalue weighted by molar-refractivity contribution is 0.153. The van der Waals surface area contributed by atoms with Gasteiger partial charge in [0.25, 0.3) is 0 Å². The van der Waals surface area contributed by atoms with Crippen molar-refractivity contribution in [1.29, 1.82) is 0 Å². The van der Waals surface area contributed by atoms with Crippen LogP contribution in [0.5, 0.6) is 11.5 Å². The molecule has 190 valence electrons. The van der Waals surface area contributed by atoms with Gasteiger partial charge in [0, 0.05) is 21.8 Å². The van der Waals surface area contributed by atoms with Crippen molar-refractivity contribution in [2.45, 2.75) is 19.3 Å². The molecule has 0 heterocycles. The van der Waals surface area contributed by atoms with Crippen LogP contribution >= 0.6 is 0 Å². The number of rotatable bonds is 5. The molecule has 0 aliphatic carbocycles. The first-order valence-corrected chi connectivity index (χ1v) is 13.1. The van der Waals surface area contributed by atoms with E-state index in [0.29, 0.717) is 11.5 Å². The Morgan fingerprint density at radius 3 is 1.92 bits per heavy atom. The molecule has 0 atom stereocenters. The summed E-state index contributed by atoms with van der Waals surface area (Å²) in [5.74, 6) is 0.952. The van der Waals surface area contributed by atoms with Gasteiger partial charge < -0.3 is 9.47 Å². The quantitative estimate of drug-likeness (QED) is 0.172. The predicted octanol–water partition coefficient (Wildman–Crippen LogP) is 9.56. The highest BCUT2D eigenvalue weighted by Crippen LogP contribution is 2.46. The van der Waals surface area contributed by atoms with Gasteiger partial charge in [0.2, 0.25) is 0 Å². The Morgan fingerprint density at radius 1 is 0.590 bits per heavy atom. The van der Waals surface area contributed by atoms with Gasteiger partial charge in [-0.15, -0.1) is 0 Å². The van der Waals surface area contributed by atoms with Gasteiger partial charge in [-0.05, 0) is 39.6 Å². The first kappa shape index (κ1) is 24.4. The minimum absolute atomic E-state index is 0.381. The standard InChI is InChI=1S/C36H28O3/c1-36(2,28-19-7-4-8-20-28)31-24-27-17-10-12-22-30(27)34(33(31)26-15-5-3-6-16-26)39-35(37)38-32-23-13-18-25-14-9-11-21-29(25)32/h3-24H,1-2H3. The highest BCUT2D eigenvalue weighted by atomic mass is 16.7. The van der Waals surface area contributed by atoms with E-state index in [2.05, 4.69) is 62.4 Å². The lowest BCUT2D eigenvalue weighted by Gasteiger charge is -2.30. The third-order valence-electron chi connectivity index (χ3n) is 7.36. The van der Waals surface area contributed by atoms with Gasteiger partial charge in [0.1, 0.15) is 5.75 Å². The normalized spacial score (nSPS) is 11.4. The number of carbonyl (C=O) groups is 1. The molecular weight excluding hydrogens is 480 g/mol. The Labute approximate surface area is 228 Å². The summed E-state index contributed by atoms with van der Waals surface area (Å²) in [6.45, 7) is 4.41. The van der Waals surface area contributed by atoms with E-state index in [1.165, 1.54) is 5.56 Å². The Balaban J connectivity index is 1.53. The minimum Gasteiger partial charge on any atom is -0.394 e. The van der Waals surface area contributed by atoms with Crippen LogP contribution in [0.25, 0.3) is 32.7 Å². The third kappa shape index (κ3) is 4.64. The van der Waals surface area contributed by atoms with Crippen molar-refractivity contribution < 1.29 is 14.3 Å². The molecule has 0 N–H and O–H groups in total. The molecule has 0 aliphatic rings. The van der Waals surface area contributed by atoms with Crippen LogP contribution in [0.4, 0.5) is 4.79 Å². The summed E-state index contributed by atoms with van der Waals surface area (Å²) in [7, 11) is 0. The molecule has 0 saturated heterocycles. The molecule has 0 fully saturated rings. The van der Waals surface area contributed by atoms with Crippen molar-refractivity contribution in [3.05, 3.63) is 145 Å². The van der Waals surface area contributed by atoms with E-state index >= 15 is 0 Å². The fraction of sp³-hybridized carbons (Fsp3) is 0.0833. The van der Waals surface area contributed by atoms with Gasteiger partial charge in [-0.1, -0.05) is 135 Å². The molecule has 0 aromatic heterocycles. The average molecular weight is 509 g/mol. The molecule has 6 aromatic carbocycles. The Morgan fingerprint density at radius 2 is 1.18 bits per heavy atom. The maximum Gasteiger partial charge on any atom is 0.519 e. The molecule has 0 unspecified atom stereocenters. The molecule has 39 heavy (non-hydrogen) atoms. The predicted molar refractivity (Wildman–Crippen MR) is 159 cm³/mol. The Kier molecular flexibility index (Phi) is 6.34. The number of hydrogen-bond donors (Lipinski definition) is 0. The van der Waals surface area contributed by atoms with E-state index in [-0.39, 0.29) is 5.41 Å². The highest BCUT2D eigenvalue weighted by molar-refractivity contribution is 5.99. The molecule has 0 bridgehead atoms. The van der Waals surface area contributed by atoms with Crippen LogP contribution in [0.3, 0.4) is 0 Å². The summed E-state index contributed by atoms with van der Waals surface area (Å²) >= 11 is 0. The molecule has 6 aromatic rings. The van der Waals surface area contributed by atoms with Crippen molar-refractivity contribution in [3.8, 4) is 22.6 Å². The average Bonchev–Trinajstić information content (AvgIpc) is 2.98. The molecule has 0 amide bonds. The van der Waals surface area contributed by atoms with E-state index in [0.717, 1.165) is 38.2 Å². The molecule has 0 aliphatic heterocycles. The van der Waals surface area contributed by atoms with E-state index in [1.54, 1.807) is 6.07 Å². The molecule has 0 saturated carbocycles. The fourth-order valence-corrected chi connectivity index (χ4v) is 5.29. The van der Waals surface area contributed by atoms with Crippen LogP contribution in [0.15, 0.2) is 133 Å². The zero-order valence-corrected chi connectivity index (χ0v) is 21.9. The smallest absolute Gasteiger partial charge is 0.394 e. The molecule has 0 spiro atoms. The molecule has 0 radical (unpaired) electrons. The van der Waals surface area contributed by atoms with Crippen LogP contribution < -0.4 is 9.47 Å². The number of carbonyl (C=O) groups excluding carboxylic acids is 1. The zero-order valence-electron chi connectivity index (χ0n) is 21.9. The van der Waals surface area contributed by atoms with Crippen LogP contribution in [-0.2, 0) is 5.41 Å². The van der Waals surface area contributed by atoms with Crippen molar-refractivity contribution in [3.63, 3.8) is 0 Å². The second-order valence-electron chi connectivity index (χ2n) is 10.1. The van der Waals surface area contributed by atoms with Gasteiger partial charge in [-0.25, -0.2) is 4.79 Å². The number of fused-ring (bicyclic) bond motifs is 2. The van der Waals surface area contributed by atoms with E-state index < -0.39 is 6.16 Å². The SMILES string of the molecule is CC(C)(c1ccccc1)c1cc2ccccc2c(OC(=O)Oc2cccc3ccccc23)c1-c1ccccc1. The molecule has 6 rings (SSSR count). The van der Waals surface area contributed by atoms with Crippen LogP contribution in [0.2, 0.25) is 0 Å². The van der Waals surface area contributed by atoms with Gasteiger partial charge in [0.15, 0.2) is 5.75 Å². The van der Waals surface area contributed by atoms with Gasteiger partial charge in [-0.3, -0.25) is 0 Å². The summed E-state index contributed by atoms with van der Waals surface area (Å²) in [6.07, 6.45) is -0.775. The summed E-state index contributed by atoms with van der Waals surface area (Å²) in [4.78, 5) is 13.4. The van der Waals surface area contributed by atoms with E-state index in [1.807, 2.05) is 78.9 Å². The third-order valence-corrected chi connectivity index (χ3v) is 7.36. The minimum atomic E-state index is -0.775. The van der Waals surface area contributed by atoms with Crippen molar-refractivity contribution in [2.24, 2.45) is 0 Å². The lowest BCUT2D eigenvalue weighted by Crippen LogP contribution is -2.21. The molecule has 3 nitrogen and oxygen atoms in total. The second-order valence-corrected chi connectivity index (χ2v) is 10.1. The second kappa shape index (κ2) is 10.1. The fourth-order valence-electron chi connectivity index (χ4n) is 5.29. The van der Waals surface area contributed by atoms with Crippen LogP contribution in [0.1, 0.15) is 25.0 Å². The summed E-state index contributed by atoms with van der Waals surface area (Å²) in [5.41, 5.74) is 3.69. The number of ether oxygens (including phenoxy) is 2. The maximum atomic E-state index is 13.4. The Bertz CT molecular complexity index is 1780. The Hall–Kier alpha value is -4.89. The largest absolute Gasteiger partial charge is 0.519 e. The molecule has 3 heteroatoms. The van der Waals surface area contributed by atoms with Crippen molar-refractivity contribution in [2.75, 3.05) is 0 Å². The number of benzene rings is 6. The summed E-state index contributed by atoms with van der Waals surface area (Å²) < 4.78 is 12.0.